The van der Waals surface area contributed by atoms with Crippen LogP contribution in [0.2, 0.25) is 0 Å². The molecule has 0 radical (unpaired) electrons. The number of rotatable bonds is 8. The number of anilines is 1. The van der Waals surface area contributed by atoms with Gasteiger partial charge in [-0.3, -0.25) is 4.79 Å². The highest BCUT2D eigenvalue weighted by Gasteiger charge is 2.19. The number of carbonyl (C=O) groups is 1. The first-order valence-corrected chi connectivity index (χ1v) is 9.43. The Kier molecular flexibility index (Phi) is 7.08. The molecular formula is C22H25FN2O4. The van der Waals surface area contributed by atoms with Crippen LogP contribution in [0.1, 0.15) is 15.9 Å². The Morgan fingerprint density at radius 2 is 2.03 bits per heavy atom. The summed E-state index contributed by atoms with van der Waals surface area (Å²) >= 11 is 0. The molecule has 0 aromatic heterocycles. The van der Waals surface area contributed by atoms with Gasteiger partial charge in [-0.15, -0.1) is 0 Å². The highest BCUT2D eigenvalue weighted by Crippen LogP contribution is 2.28. The average Bonchev–Trinajstić information content (AvgIpc) is 2.76. The minimum atomic E-state index is -0.447. The molecule has 1 aliphatic rings. The number of hydrogen-bond donors (Lipinski definition) is 1. The first-order valence-electron chi connectivity index (χ1n) is 9.43. The Morgan fingerprint density at radius 3 is 2.76 bits per heavy atom. The number of amides is 1. The van der Waals surface area contributed by atoms with Crippen LogP contribution in [0.25, 0.3) is 0 Å². The van der Waals surface area contributed by atoms with E-state index in [2.05, 4.69) is 11.9 Å². The van der Waals surface area contributed by atoms with Crippen molar-refractivity contribution < 1.29 is 23.4 Å². The van der Waals surface area contributed by atoms with Crippen molar-refractivity contribution in [2.75, 3.05) is 44.9 Å². The molecule has 0 aliphatic carbocycles. The largest absolute Gasteiger partial charge is 0.493 e. The molecule has 154 valence electrons. The minimum Gasteiger partial charge on any atom is -0.493 e. The second-order valence-electron chi connectivity index (χ2n) is 6.53. The lowest BCUT2D eigenvalue weighted by molar-refractivity contribution is 0.0949. The van der Waals surface area contributed by atoms with E-state index in [9.17, 15) is 9.18 Å². The standard InChI is InChI=1S/C22H25FN2O4/c1-3-10-29-21-13-16(4-7-20(21)27-2)15-24-22(26)18-14-17(23)5-6-19(18)25-8-11-28-12-9-25/h3-7,13-14H,1,8-12,15H2,2H3,(H,24,26). The van der Waals surface area contributed by atoms with E-state index < -0.39 is 5.82 Å². The Labute approximate surface area is 169 Å². The van der Waals surface area contributed by atoms with Gasteiger partial charge in [0, 0.05) is 25.3 Å². The van der Waals surface area contributed by atoms with Crippen LogP contribution >= 0.6 is 0 Å². The molecule has 3 rings (SSSR count). The number of carbonyl (C=O) groups excluding carboxylic acids is 1. The third-order valence-electron chi connectivity index (χ3n) is 4.59. The van der Waals surface area contributed by atoms with Gasteiger partial charge in [0.1, 0.15) is 12.4 Å². The molecule has 0 atom stereocenters. The van der Waals surface area contributed by atoms with Crippen LogP contribution in [0.5, 0.6) is 11.5 Å². The van der Waals surface area contributed by atoms with Gasteiger partial charge in [0.15, 0.2) is 11.5 Å². The Balaban J connectivity index is 1.74. The van der Waals surface area contributed by atoms with Crippen LogP contribution in [0.4, 0.5) is 10.1 Å². The number of methoxy groups -OCH3 is 1. The van der Waals surface area contributed by atoms with Crippen LogP contribution in [-0.4, -0.2) is 45.9 Å². The zero-order valence-corrected chi connectivity index (χ0v) is 16.4. The Morgan fingerprint density at radius 1 is 1.24 bits per heavy atom. The van der Waals surface area contributed by atoms with Crippen LogP contribution in [0.3, 0.4) is 0 Å². The van der Waals surface area contributed by atoms with Crippen LogP contribution in [0.15, 0.2) is 49.1 Å². The van der Waals surface area contributed by atoms with Gasteiger partial charge in [0.05, 0.1) is 25.9 Å². The van der Waals surface area contributed by atoms with Crippen molar-refractivity contribution in [3.8, 4) is 11.5 Å². The van der Waals surface area contributed by atoms with Crippen molar-refractivity contribution in [2.24, 2.45) is 0 Å². The van der Waals surface area contributed by atoms with E-state index in [0.717, 1.165) is 5.56 Å². The zero-order chi connectivity index (χ0) is 20.6. The molecule has 0 unspecified atom stereocenters. The summed E-state index contributed by atoms with van der Waals surface area (Å²) in [6, 6.07) is 9.71. The van der Waals surface area contributed by atoms with Crippen LogP contribution < -0.4 is 19.7 Å². The molecule has 0 saturated carbocycles. The smallest absolute Gasteiger partial charge is 0.253 e. The molecule has 0 spiro atoms. The summed E-state index contributed by atoms with van der Waals surface area (Å²) in [7, 11) is 1.56. The molecule has 29 heavy (non-hydrogen) atoms. The molecule has 1 saturated heterocycles. The quantitative estimate of drug-likeness (QED) is 0.690. The fourth-order valence-electron chi connectivity index (χ4n) is 3.14. The van der Waals surface area contributed by atoms with E-state index >= 15 is 0 Å². The third-order valence-corrected chi connectivity index (χ3v) is 4.59. The van der Waals surface area contributed by atoms with Crippen molar-refractivity contribution in [3.63, 3.8) is 0 Å². The van der Waals surface area contributed by atoms with E-state index in [-0.39, 0.29) is 12.5 Å². The van der Waals surface area contributed by atoms with Gasteiger partial charge in [-0.2, -0.15) is 0 Å². The summed E-state index contributed by atoms with van der Waals surface area (Å²) in [5.74, 6) is 0.382. The molecule has 0 bridgehead atoms. The molecule has 6 nitrogen and oxygen atoms in total. The third kappa shape index (κ3) is 5.26. The van der Waals surface area contributed by atoms with E-state index in [0.29, 0.717) is 55.7 Å². The van der Waals surface area contributed by atoms with Crippen molar-refractivity contribution in [3.05, 3.63) is 66.0 Å². The van der Waals surface area contributed by atoms with Gasteiger partial charge < -0.3 is 24.4 Å². The molecule has 2 aromatic carbocycles. The molecule has 1 aliphatic heterocycles. The van der Waals surface area contributed by atoms with Gasteiger partial charge in [-0.25, -0.2) is 4.39 Å². The van der Waals surface area contributed by atoms with E-state index in [1.807, 2.05) is 11.0 Å². The second-order valence-corrected chi connectivity index (χ2v) is 6.53. The summed E-state index contributed by atoms with van der Waals surface area (Å²) in [6.07, 6.45) is 1.64. The van der Waals surface area contributed by atoms with E-state index in [4.69, 9.17) is 14.2 Å². The predicted octanol–water partition coefficient (Wildman–Crippen LogP) is 3.17. The maximum Gasteiger partial charge on any atom is 0.253 e. The van der Waals surface area contributed by atoms with E-state index in [1.54, 1.807) is 31.4 Å². The highest BCUT2D eigenvalue weighted by molar-refractivity contribution is 5.99. The normalized spacial score (nSPS) is 13.7. The topological polar surface area (TPSA) is 60.0 Å². The number of nitrogens with one attached hydrogen (secondary N) is 1. The highest BCUT2D eigenvalue weighted by atomic mass is 19.1. The lowest BCUT2D eigenvalue weighted by Crippen LogP contribution is -2.38. The molecule has 1 amide bonds. The molecular weight excluding hydrogens is 375 g/mol. The number of halogens is 1. The Bertz CT molecular complexity index is 866. The van der Waals surface area contributed by atoms with Gasteiger partial charge in [-0.05, 0) is 35.9 Å². The summed E-state index contributed by atoms with van der Waals surface area (Å²) < 4.78 is 30.1. The summed E-state index contributed by atoms with van der Waals surface area (Å²) in [5, 5.41) is 2.86. The average molecular weight is 400 g/mol. The fourth-order valence-corrected chi connectivity index (χ4v) is 3.14. The van der Waals surface area contributed by atoms with Gasteiger partial charge in [0.2, 0.25) is 0 Å². The SMILES string of the molecule is C=CCOc1cc(CNC(=O)c2cc(F)ccc2N2CCOCC2)ccc1OC. The van der Waals surface area contributed by atoms with Crippen molar-refractivity contribution in [1.29, 1.82) is 0 Å². The summed E-state index contributed by atoms with van der Waals surface area (Å²) in [5.41, 5.74) is 1.85. The Hall–Kier alpha value is -3.06. The predicted molar refractivity (Wildman–Crippen MR) is 109 cm³/mol. The summed E-state index contributed by atoms with van der Waals surface area (Å²) in [6.45, 7) is 6.74. The van der Waals surface area contributed by atoms with Gasteiger partial charge in [0.25, 0.3) is 5.91 Å². The van der Waals surface area contributed by atoms with Gasteiger partial charge in [-0.1, -0.05) is 18.7 Å². The van der Waals surface area contributed by atoms with Crippen molar-refractivity contribution >= 4 is 11.6 Å². The molecule has 1 heterocycles. The van der Waals surface area contributed by atoms with Crippen molar-refractivity contribution in [1.82, 2.24) is 5.32 Å². The number of morpholine rings is 1. The van der Waals surface area contributed by atoms with Crippen molar-refractivity contribution in [2.45, 2.75) is 6.54 Å². The summed E-state index contributed by atoms with van der Waals surface area (Å²) in [4.78, 5) is 14.8. The minimum absolute atomic E-state index is 0.270. The monoisotopic (exact) mass is 400 g/mol. The lowest BCUT2D eigenvalue weighted by atomic mass is 10.1. The zero-order valence-electron chi connectivity index (χ0n) is 16.4. The number of ether oxygens (including phenoxy) is 3. The van der Waals surface area contributed by atoms with Crippen LogP contribution in [-0.2, 0) is 11.3 Å². The molecule has 7 heteroatoms. The maximum absolute atomic E-state index is 13.8. The first-order chi connectivity index (χ1) is 14.1. The lowest BCUT2D eigenvalue weighted by Gasteiger charge is -2.30. The van der Waals surface area contributed by atoms with Crippen LogP contribution in [0, 0.1) is 5.82 Å². The number of hydrogen-bond acceptors (Lipinski definition) is 5. The molecule has 1 N–H and O–H groups in total. The molecule has 2 aromatic rings. The number of nitrogens with zero attached hydrogens (tertiary/aromatic N) is 1. The first kappa shape index (κ1) is 20.7. The second kappa shape index (κ2) is 9.93. The van der Waals surface area contributed by atoms with Gasteiger partial charge >= 0.3 is 0 Å². The fraction of sp³-hybridized carbons (Fsp3) is 0.318. The van der Waals surface area contributed by atoms with E-state index in [1.165, 1.54) is 12.1 Å². The molecule has 1 fully saturated rings. The maximum atomic E-state index is 13.8. The number of benzene rings is 2.